The van der Waals surface area contributed by atoms with Gasteiger partial charge in [0.1, 0.15) is 6.10 Å². The second-order valence-corrected chi connectivity index (χ2v) is 11.4. The van der Waals surface area contributed by atoms with Gasteiger partial charge in [-0.1, -0.05) is 134 Å². The van der Waals surface area contributed by atoms with E-state index in [1.54, 1.807) is 6.08 Å². The largest absolute Gasteiger partial charge is 0.394 e. The maximum Gasteiger partial charge on any atom is 0.249 e. The fraction of sp³-hybridized carbons (Fsp3) is 0.800. The van der Waals surface area contributed by atoms with E-state index in [1.165, 1.54) is 89.9 Å². The Morgan fingerprint density at radius 1 is 0.600 bits per heavy atom. The lowest BCUT2D eigenvalue weighted by Crippen LogP contribution is -2.48. The van der Waals surface area contributed by atoms with Crippen molar-refractivity contribution in [2.75, 3.05) is 6.61 Å². The van der Waals surface area contributed by atoms with Crippen molar-refractivity contribution >= 4 is 5.91 Å². The zero-order chi connectivity index (χ0) is 29.5. The maximum atomic E-state index is 12.3. The Balaban J connectivity index is 3.86. The number of allylic oxidation sites excluding steroid dienone is 5. The van der Waals surface area contributed by atoms with Crippen molar-refractivity contribution in [3.8, 4) is 0 Å². The zero-order valence-corrected chi connectivity index (χ0v) is 26.2. The summed E-state index contributed by atoms with van der Waals surface area (Å²) in [6, 6.07) is -0.813. The zero-order valence-electron chi connectivity index (χ0n) is 26.2. The van der Waals surface area contributed by atoms with E-state index in [0.717, 1.165) is 44.9 Å². The molecule has 0 aliphatic heterocycles. The van der Waals surface area contributed by atoms with Crippen LogP contribution in [0.4, 0.5) is 0 Å². The fourth-order valence-electron chi connectivity index (χ4n) is 4.72. The van der Waals surface area contributed by atoms with Crippen LogP contribution in [-0.4, -0.2) is 46.1 Å². The first-order chi connectivity index (χ1) is 19.6. The molecule has 0 heterocycles. The van der Waals surface area contributed by atoms with Crippen molar-refractivity contribution in [1.29, 1.82) is 0 Å². The summed E-state index contributed by atoms with van der Waals surface area (Å²) >= 11 is 0. The lowest BCUT2D eigenvalue weighted by atomic mass is 10.0. The van der Waals surface area contributed by atoms with E-state index in [9.17, 15) is 20.1 Å². The standard InChI is InChI=1S/C35H65NO4/c1-3-5-7-9-11-13-15-17-18-20-22-24-26-28-30-34(39)35(40)36-32(31-37)33(38)29-27-25-23-21-19-16-14-12-10-8-6-4-2/h13,15,19,21,27,29,32-34,37-39H,3-12,14,16-18,20,22-26,28,30-31H2,1-2H3,(H,36,40)/b15-13-,21-19+,29-27+. The highest BCUT2D eigenvalue weighted by Gasteiger charge is 2.22. The molecule has 0 aromatic heterocycles. The fourth-order valence-corrected chi connectivity index (χ4v) is 4.72. The molecule has 0 rings (SSSR count). The number of amides is 1. The van der Waals surface area contributed by atoms with Crippen LogP contribution in [0.3, 0.4) is 0 Å². The molecule has 1 amide bonds. The van der Waals surface area contributed by atoms with Gasteiger partial charge in [-0.15, -0.1) is 0 Å². The lowest BCUT2D eigenvalue weighted by Gasteiger charge is -2.21. The summed E-state index contributed by atoms with van der Waals surface area (Å²) in [5.41, 5.74) is 0. The van der Waals surface area contributed by atoms with Crippen molar-refractivity contribution in [3.05, 3.63) is 36.5 Å². The summed E-state index contributed by atoms with van der Waals surface area (Å²) in [5.74, 6) is -0.523. The minimum atomic E-state index is -1.11. The van der Waals surface area contributed by atoms with Crippen LogP contribution < -0.4 is 5.32 Å². The van der Waals surface area contributed by atoms with E-state index in [4.69, 9.17) is 0 Å². The molecule has 5 heteroatoms. The molecule has 0 aromatic carbocycles. The van der Waals surface area contributed by atoms with E-state index in [1.807, 2.05) is 6.08 Å². The van der Waals surface area contributed by atoms with Crippen LogP contribution in [0.25, 0.3) is 0 Å². The molecule has 0 saturated heterocycles. The SMILES string of the molecule is CCCCCC/C=C\CCCCCCCCC(O)C(=O)NC(CO)C(O)/C=C/CC/C=C/CCCCCCCC. The number of aliphatic hydroxyl groups is 3. The van der Waals surface area contributed by atoms with Gasteiger partial charge in [-0.25, -0.2) is 0 Å². The monoisotopic (exact) mass is 563 g/mol. The summed E-state index contributed by atoms with van der Waals surface area (Å²) in [6.07, 6.45) is 35.8. The molecule has 0 aliphatic rings. The Morgan fingerprint density at radius 2 is 1.02 bits per heavy atom. The highest BCUT2D eigenvalue weighted by molar-refractivity contribution is 5.80. The van der Waals surface area contributed by atoms with Crippen LogP contribution in [0, 0.1) is 0 Å². The van der Waals surface area contributed by atoms with Crippen LogP contribution in [0.2, 0.25) is 0 Å². The molecule has 3 unspecified atom stereocenters. The summed E-state index contributed by atoms with van der Waals surface area (Å²) in [5, 5.41) is 32.8. The summed E-state index contributed by atoms with van der Waals surface area (Å²) in [6.45, 7) is 4.10. The van der Waals surface area contributed by atoms with E-state index in [-0.39, 0.29) is 6.61 Å². The number of nitrogens with one attached hydrogen (secondary N) is 1. The Bertz CT molecular complexity index is 631. The lowest BCUT2D eigenvalue weighted by molar-refractivity contribution is -0.131. The van der Waals surface area contributed by atoms with Crippen molar-refractivity contribution in [2.24, 2.45) is 0 Å². The molecule has 234 valence electrons. The molecule has 0 saturated carbocycles. The predicted molar refractivity (Wildman–Crippen MR) is 171 cm³/mol. The number of unbranched alkanes of at least 4 members (excludes halogenated alkanes) is 17. The Kier molecular flexibility index (Phi) is 29.4. The molecule has 0 aliphatic carbocycles. The van der Waals surface area contributed by atoms with Gasteiger partial charge in [0.15, 0.2) is 0 Å². The van der Waals surface area contributed by atoms with Crippen LogP contribution in [0.1, 0.15) is 155 Å². The van der Waals surface area contributed by atoms with Crippen molar-refractivity contribution in [3.63, 3.8) is 0 Å². The molecular weight excluding hydrogens is 498 g/mol. The second-order valence-electron chi connectivity index (χ2n) is 11.4. The van der Waals surface area contributed by atoms with Crippen LogP contribution in [0.5, 0.6) is 0 Å². The molecule has 0 fully saturated rings. The van der Waals surface area contributed by atoms with Gasteiger partial charge in [0, 0.05) is 0 Å². The molecule has 4 N–H and O–H groups in total. The van der Waals surface area contributed by atoms with E-state index < -0.39 is 24.2 Å². The van der Waals surface area contributed by atoms with Crippen LogP contribution >= 0.6 is 0 Å². The summed E-state index contributed by atoms with van der Waals surface area (Å²) in [7, 11) is 0. The molecule has 5 nitrogen and oxygen atoms in total. The molecule has 0 spiro atoms. The third kappa shape index (κ3) is 25.5. The highest BCUT2D eigenvalue weighted by Crippen LogP contribution is 2.12. The maximum absolute atomic E-state index is 12.3. The topological polar surface area (TPSA) is 89.8 Å². The minimum absolute atomic E-state index is 0.379. The molecule has 0 radical (unpaired) electrons. The summed E-state index contributed by atoms with van der Waals surface area (Å²) < 4.78 is 0. The van der Waals surface area contributed by atoms with Crippen LogP contribution in [-0.2, 0) is 4.79 Å². The van der Waals surface area contributed by atoms with E-state index in [0.29, 0.717) is 6.42 Å². The van der Waals surface area contributed by atoms with Gasteiger partial charge in [-0.05, 0) is 57.8 Å². The first-order valence-corrected chi connectivity index (χ1v) is 16.8. The Hall–Kier alpha value is -1.43. The number of carbonyl (C=O) groups excluding carboxylic acids is 1. The number of carbonyl (C=O) groups is 1. The smallest absolute Gasteiger partial charge is 0.249 e. The Morgan fingerprint density at radius 3 is 1.55 bits per heavy atom. The number of hydrogen-bond acceptors (Lipinski definition) is 4. The molecular formula is C35H65NO4. The first-order valence-electron chi connectivity index (χ1n) is 16.8. The third-order valence-corrected chi connectivity index (χ3v) is 7.45. The molecule has 0 bridgehead atoms. The van der Waals surface area contributed by atoms with Gasteiger partial charge in [-0.3, -0.25) is 4.79 Å². The van der Waals surface area contributed by atoms with Gasteiger partial charge < -0.3 is 20.6 Å². The average molecular weight is 564 g/mol. The number of rotatable bonds is 29. The predicted octanol–water partition coefficient (Wildman–Crippen LogP) is 8.48. The van der Waals surface area contributed by atoms with Gasteiger partial charge >= 0.3 is 0 Å². The van der Waals surface area contributed by atoms with Crippen LogP contribution in [0.15, 0.2) is 36.5 Å². The normalized spacial score (nSPS) is 14.4. The van der Waals surface area contributed by atoms with Gasteiger partial charge in [0.05, 0.1) is 18.8 Å². The second kappa shape index (κ2) is 30.5. The number of aliphatic hydroxyl groups excluding tert-OH is 3. The summed E-state index contributed by atoms with van der Waals surface area (Å²) in [4.78, 5) is 12.3. The van der Waals surface area contributed by atoms with Crippen molar-refractivity contribution in [1.82, 2.24) is 5.32 Å². The van der Waals surface area contributed by atoms with E-state index >= 15 is 0 Å². The van der Waals surface area contributed by atoms with E-state index in [2.05, 4.69) is 43.5 Å². The molecule has 3 atom stereocenters. The molecule has 0 aromatic rings. The van der Waals surface area contributed by atoms with Crippen molar-refractivity contribution < 1.29 is 20.1 Å². The van der Waals surface area contributed by atoms with Gasteiger partial charge in [-0.2, -0.15) is 0 Å². The quantitative estimate of drug-likeness (QED) is 0.0543. The third-order valence-electron chi connectivity index (χ3n) is 7.45. The van der Waals surface area contributed by atoms with Gasteiger partial charge in [0.25, 0.3) is 0 Å². The average Bonchev–Trinajstić information content (AvgIpc) is 2.96. The first kappa shape index (κ1) is 38.6. The number of hydrogen-bond donors (Lipinski definition) is 4. The minimum Gasteiger partial charge on any atom is -0.394 e. The highest BCUT2D eigenvalue weighted by atomic mass is 16.3. The molecule has 40 heavy (non-hydrogen) atoms. The van der Waals surface area contributed by atoms with Gasteiger partial charge in [0.2, 0.25) is 5.91 Å². The van der Waals surface area contributed by atoms with Crippen molar-refractivity contribution in [2.45, 2.75) is 173 Å². The Labute approximate surface area is 247 Å².